The molecule has 126 heavy (non-hydrogen) atoms. The van der Waals surface area contributed by atoms with E-state index < -0.39 is 95.5 Å². The van der Waals surface area contributed by atoms with E-state index >= 15 is 0 Å². The Hall–Kier alpha value is -8.72. The first-order valence-corrected chi connectivity index (χ1v) is 45.2. The Morgan fingerprint density at radius 3 is 0.214 bits per heavy atom. The molecule has 0 fully saturated rings. The summed E-state index contributed by atoms with van der Waals surface area (Å²) in [6.45, 7) is 2.84. The Morgan fingerprint density at radius 1 is 0.111 bits per heavy atom. The first kappa shape index (κ1) is 138. The molecule has 0 atom stereocenters. The number of aliphatic hydroxyl groups is 4. The number of aliphatic hydroxyl groups excluding tert-OH is 4. The van der Waals surface area contributed by atoms with Crippen LogP contribution in [-0.4, -0.2) is 250 Å². The van der Waals surface area contributed by atoms with Gasteiger partial charge in [-0.25, -0.2) is 0 Å². The molecular weight excluding hydrogens is 1660 g/mol. The van der Waals surface area contributed by atoms with Crippen LogP contribution in [0.4, 0.5) is 0 Å². The highest BCUT2D eigenvalue weighted by Gasteiger charge is 2.07. The van der Waals surface area contributed by atoms with E-state index in [1.807, 2.05) is 0 Å². The van der Waals surface area contributed by atoms with E-state index in [-0.39, 0.29) is 129 Å². The molecule has 38 heteroatoms. The summed E-state index contributed by atoms with van der Waals surface area (Å²) in [4.78, 5) is 162. The minimum Gasteiger partial charge on any atom is -0.481 e. The molecule has 0 aromatic carbocycles. The lowest BCUT2D eigenvalue weighted by molar-refractivity contribution is -0.138. The summed E-state index contributed by atoms with van der Waals surface area (Å²) in [6, 6.07) is 0. The van der Waals surface area contributed by atoms with Crippen LogP contribution >= 0.6 is 0 Å². The second-order valence-electron chi connectivity index (χ2n) is 29.7. The molecule has 0 aliphatic heterocycles. The summed E-state index contributed by atoms with van der Waals surface area (Å²) in [7, 11) is 0. The zero-order chi connectivity index (χ0) is 97.6. The number of hydrogen-bond acceptors (Lipinski definition) is 22. The van der Waals surface area contributed by atoms with Crippen molar-refractivity contribution in [3.63, 3.8) is 0 Å². The fraction of sp³-hybridized carbons (Fsp3) is 0.818. The molecule has 0 aliphatic rings. The van der Waals surface area contributed by atoms with Gasteiger partial charge in [-0.1, -0.05) is 205 Å². The van der Waals surface area contributed by atoms with Crippen LogP contribution < -0.4 is 10.6 Å². The highest BCUT2D eigenvalue weighted by atomic mass is 16.4. The Kier molecular flexibility index (Phi) is 132. The fourth-order valence-corrected chi connectivity index (χ4v) is 10.6. The molecule has 0 aromatic rings. The van der Waals surface area contributed by atoms with Crippen molar-refractivity contribution in [3.05, 3.63) is 0 Å². The largest absolute Gasteiger partial charge is 0.481 e. The Morgan fingerprint density at radius 2 is 0.167 bits per heavy atom. The van der Waals surface area contributed by atoms with Crippen LogP contribution in [0.1, 0.15) is 411 Å². The van der Waals surface area contributed by atoms with Crippen LogP contribution in [0.5, 0.6) is 0 Å². The third-order valence-corrected chi connectivity index (χ3v) is 17.4. The van der Waals surface area contributed by atoms with E-state index in [1.165, 1.54) is 0 Å². The van der Waals surface area contributed by atoms with Gasteiger partial charge in [0.05, 0.1) is 26.4 Å². The molecule has 0 radical (unpaired) electrons. The van der Waals surface area contributed by atoms with E-state index in [9.17, 15) is 76.7 Å². The number of carbonyl (C=O) groups is 16. The van der Waals surface area contributed by atoms with Crippen molar-refractivity contribution >= 4 is 95.5 Å². The predicted molar refractivity (Wildman–Crippen MR) is 472 cm³/mol. The van der Waals surface area contributed by atoms with Gasteiger partial charge in [0.2, 0.25) is 0 Å². The molecule has 0 amide bonds. The summed E-state index contributed by atoms with van der Waals surface area (Å²) < 4.78 is 0. The summed E-state index contributed by atoms with van der Waals surface area (Å²) >= 11 is 0. The summed E-state index contributed by atoms with van der Waals surface area (Å²) in [6.07, 6.45) is 46.6. The third-order valence-electron chi connectivity index (χ3n) is 17.4. The zero-order valence-electron chi connectivity index (χ0n) is 75.4. The lowest BCUT2D eigenvalue weighted by Gasteiger charge is -1.98. The number of unbranched alkanes of at least 4 members (excludes halogenated alkanes) is 40. The van der Waals surface area contributed by atoms with Crippen LogP contribution in [-0.2, 0) is 76.7 Å². The SMILES string of the molecule is O=C(O)CCCCCCCCC(=O)O.O=C(O)CCCCCCCCC(=O)O.O=C(O)CCCCCCCCC(=O)O.O=C(O)CCCCCCCCC(=O)O.O=C(O)CCCCCCCCC(=O)O.O=C(O)CCCCCCCCC(=O)O.O=C(O)CCCCCCCCC(=O)O.O=C(O)CCCCCCCCC(=O)O.OCCNCCO.OCCNCCO. The van der Waals surface area contributed by atoms with Crippen molar-refractivity contribution in [2.24, 2.45) is 0 Å². The highest BCUT2D eigenvalue weighted by molar-refractivity contribution is 5.71. The number of carboxylic acids is 16. The van der Waals surface area contributed by atoms with Gasteiger partial charge < -0.3 is 113 Å². The molecule has 38 nitrogen and oxygen atoms in total. The van der Waals surface area contributed by atoms with Gasteiger partial charge in [-0.2, -0.15) is 0 Å². The Bertz CT molecular complexity index is 1920. The number of hydrogen-bond donors (Lipinski definition) is 22. The van der Waals surface area contributed by atoms with E-state index in [4.69, 9.17) is 102 Å². The Balaban J connectivity index is -0.000000149. The minimum atomic E-state index is -0.740. The van der Waals surface area contributed by atoms with Crippen LogP contribution in [0.25, 0.3) is 0 Å². The fourth-order valence-electron chi connectivity index (χ4n) is 10.6. The first-order valence-electron chi connectivity index (χ1n) is 45.2. The second kappa shape index (κ2) is 120. The maximum absolute atomic E-state index is 10.1. The van der Waals surface area contributed by atoms with Crippen molar-refractivity contribution in [1.29, 1.82) is 0 Å². The van der Waals surface area contributed by atoms with Gasteiger partial charge in [0.1, 0.15) is 0 Å². The second-order valence-corrected chi connectivity index (χ2v) is 29.7. The molecule has 0 saturated heterocycles. The molecule has 22 N–H and O–H groups in total. The van der Waals surface area contributed by atoms with E-state index in [0.29, 0.717) is 26.2 Å². The topological polar surface area (TPSA) is 702 Å². The van der Waals surface area contributed by atoms with E-state index in [1.54, 1.807) is 0 Å². The van der Waals surface area contributed by atoms with Crippen LogP contribution in [0.15, 0.2) is 0 Å². The van der Waals surface area contributed by atoms with E-state index in [2.05, 4.69) is 10.6 Å². The number of rotatable bonds is 80. The summed E-state index contributed by atoms with van der Waals surface area (Å²) in [5.74, 6) is -11.8. The van der Waals surface area contributed by atoms with Crippen molar-refractivity contribution < 1.29 is 179 Å². The maximum atomic E-state index is 10.1. The van der Waals surface area contributed by atoms with Gasteiger partial charge in [0.15, 0.2) is 0 Å². The Labute approximate surface area is 745 Å². The van der Waals surface area contributed by atoms with Gasteiger partial charge in [-0.05, 0) is 103 Å². The average molecular weight is 1830 g/mol. The predicted octanol–water partition coefficient (Wildman–Crippen LogP) is 15.3. The molecule has 0 bridgehead atoms. The molecule has 0 unspecified atom stereocenters. The van der Waals surface area contributed by atoms with Crippen molar-refractivity contribution in [1.82, 2.24) is 10.6 Å². The molecule has 0 saturated carbocycles. The smallest absolute Gasteiger partial charge is 0.303 e. The lowest BCUT2D eigenvalue weighted by atomic mass is 10.1. The highest BCUT2D eigenvalue weighted by Crippen LogP contribution is 2.15. The van der Waals surface area contributed by atoms with Crippen LogP contribution in [0, 0.1) is 0 Å². The van der Waals surface area contributed by atoms with Gasteiger partial charge in [-0.15, -0.1) is 0 Å². The van der Waals surface area contributed by atoms with Crippen molar-refractivity contribution in [3.8, 4) is 0 Å². The molecule has 0 aromatic heterocycles. The normalized spacial score (nSPS) is 9.94. The monoisotopic (exact) mass is 1830 g/mol. The summed E-state index contributed by atoms with van der Waals surface area (Å²) in [5, 5.41) is 172. The van der Waals surface area contributed by atoms with Gasteiger partial charge in [0.25, 0.3) is 0 Å². The van der Waals surface area contributed by atoms with Crippen molar-refractivity contribution in [2.45, 2.75) is 411 Å². The zero-order valence-corrected chi connectivity index (χ0v) is 75.4. The molecule has 744 valence electrons. The average Bonchev–Trinajstić information content (AvgIpc) is 1.11. The van der Waals surface area contributed by atoms with Gasteiger partial charge >= 0.3 is 95.5 Å². The molecule has 0 aliphatic carbocycles. The van der Waals surface area contributed by atoms with Gasteiger partial charge in [-0.3, -0.25) is 76.7 Å². The maximum Gasteiger partial charge on any atom is 0.303 e. The summed E-state index contributed by atoms with van der Waals surface area (Å²) in [5.41, 5.74) is 0. The number of aliphatic carboxylic acids is 16. The van der Waals surface area contributed by atoms with Crippen LogP contribution in [0.2, 0.25) is 0 Å². The van der Waals surface area contributed by atoms with Crippen molar-refractivity contribution in [2.75, 3.05) is 52.6 Å². The molecular formula is C88H166N2O36. The van der Waals surface area contributed by atoms with Crippen LogP contribution in [0.3, 0.4) is 0 Å². The third kappa shape index (κ3) is 198. The quantitative estimate of drug-likeness (QED) is 0.0251. The standard InChI is InChI=1S/8C10H18O4.2C4H11NO2/c8*11-9(12)7-5-3-1-2-4-6-8-10(13)14;2*6-3-1-5-2-4-7/h8*1-8H2,(H,11,12)(H,13,14);2*5-7H,1-4H2. The lowest BCUT2D eigenvalue weighted by Crippen LogP contribution is -2.21. The first-order chi connectivity index (χ1) is 59.8. The molecule has 0 spiro atoms. The number of nitrogens with one attached hydrogen (secondary N) is 2. The number of carboxylic acid groups (broad SMARTS) is 16. The molecule has 0 heterocycles. The molecule has 0 rings (SSSR count). The van der Waals surface area contributed by atoms with Gasteiger partial charge in [0, 0.05) is 129 Å². The minimum absolute atomic E-state index is 0.139. The van der Waals surface area contributed by atoms with E-state index in [0.717, 1.165) is 308 Å².